The molecule has 1 amide bonds. The van der Waals surface area contributed by atoms with Gasteiger partial charge >= 0.3 is 0 Å². The number of fused-ring (bicyclic) bond motifs is 1. The average molecular weight is 409 g/mol. The Morgan fingerprint density at radius 3 is 2.69 bits per heavy atom. The van der Waals surface area contributed by atoms with Crippen LogP contribution in [0.3, 0.4) is 0 Å². The molecule has 2 aromatic heterocycles. The van der Waals surface area contributed by atoms with Gasteiger partial charge < -0.3 is 9.15 Å². The highest BCUT2D eigenvalue weighted by Gasteiger charge is 2.23. The molecular formula is C20H15N3O5S. The Balaban J connectivity index is 1.73. The number of thiazole rings is 1. The third-order valence-corrected chi connectivity index (χ3v) is 5.32. The van der Waals surface area contributed by atoms with Crippen molar-refractivity contribution in [2.75, 3.05) is 12.0 Å². The minimum atomic E-state index is -0.504. The summed E-state index contributed by atoms with van der Waals surface area (Å²) in [6, 6.07) is 14.5. The number of nitro benzene ring substituents is 1. The molecule has 0 N–H and O–H groups in total. The van der Waals surface area contributed by atoms with E-state index < -0.39 is 4.92 Å². The fourth-order valence-electron chi connectivity index (χ4n) is 2.80. The van der Waals surface area contributed by atoms with Crippen LogP contribution in [0.4, 0.5) is 10.8 Å². The highest BCUT2D eigenvalue weighted by molar-refractivity contribution is 7.22. The van der Waals surface area contributed by atoms with Crippen molar-refractivity contribution in [3.8, 4) is 5.75 Å². The van der Waals surface area contributed by atoms with E-state index in [0.29, 0.717) is 22.2 Å². The van der Waals surface area contributed by atoms with E-state index in [1.807, 2.05) is 12.1 Å². The molecule has 0 atom stereocenters. The number of carbonyl (C=O) groups is 1. The van der Waals surface area contributed by atoms with Crippen molar-refractivity contribution < 1.29 is 18.9 Å². The van der Waals surface area contributed by atoms with Gasteiger partial charge in [-0.15, -0.1) is 0 Å². The van der Waals surface area contributed by atoms with Crippen LogP contribution in [0.2, 0.25) is 0 Å². The third kappa shape index (κ3) is 3.81. The summed E-state index contributed by atoms with van der Waals surface area (Å²) in [5, 5.41) is 11.4. The van der Waals surface area contributed by atoms with Gasteiger partial charge in [0.25, 0.3) is 11.6 Å². The lowest BCUT2D eigenvalue weighted by molar-refractivity contribution is -0.384. The number of carbonyl (C=O) groups excluding carboxylic acids is 1. The van der Waals surface area contributed by atoms with Gasteiger partial charge in [0, 0.05) is 17.7 Å². The summed E-state index contributed by atoms with van der Waals surface area (Å²) >= 11 is 1.35. The Hall–Kier alpha value is -3.72. The van der Waals surface area contributed by atoms with E-state index in [0.717, 1.165) is 10.2 Å². The number of amides is 1. The second-order valence-corrected chi connectivity index (χ2v) is 7.11. The van der Waals surface area contributed by atoms with Crippen LogP contribution in [-0.2, 0) is 6.54 Å². The van der Waals surface area contributed by atoms with Crippen LogP contribution in [0.25, 0.3) is 10.2 Å². The monoisotopic (exact) mass is 409 g/mol. The molecule has 0 saturated heterocycles. The lowest BCUT2D eigenvalue weighted by Crippen LogP contribution is -2.30. The molecule has 0 aliphatic carbocycles. The second-order valence-electron chi connectivity index (χ2n) is 6.10. The fraction of sp³-hybridized carbons (Fsp3) is 0.100. The number of rotatable bonds is 6. The first-order valence-electron chi connectivity index (χ1n) is 8.58. The van der Waals surface area contributed by atoms with Crippen molar-refractivity contribution >= 4 is 38.3 Å². The van der Waals surface area contributed by atoms with Gasteiger partial charge in [-0.05, 0) is 42.5 Å². The van der Waals surface area contributed by atoms with Gasteiger partial charge in [-0.3, -0.25) is 19.8 Å². The van der Waals surface area contributed by atoms with Crippen LogP contribution >= 0.6 is 11.3 Å². The largest absolute Gasteiger partial charge is 0.497 e. The van der Waals surface area contributed by atoms with Crippen LogP contribution in [0.15, 0.2) is 65.3 Å². The van der Waals surface area contributed by atoms with E-state index in [2.05, 4.69) is 4.98 Å². The van der Waals surface area contributed by atoms with Gasteiger partial charge in [0.1, 0.15) is 11.5 Å². The molecule has 0 aliphatic heterocycles. The van der Waals surface area contributed by atoms with Crippen LogP contribution < -0.4 is 9.64 Å². The maximum atomic E-state index is 13.2. The van der Waals surface area contributed by atoms with E-state index in [4.69, 9.17) is 9.15 Å². The van der Waals surface area contributed by atoms with Crippen LogP contribution in [0, 0.1) is 10.1 Å². The Labute approximate surface area is 169 Å². The first-order chi connectivity index (χ1) is 14.0. The van der Waals surface area contributed by atoms with E-state index in [-0.39, 0.29) is 18.1 Å². The molecule has 0 aliphatic rings. The number of benzene rings is 2. The van der Waals surface area contributed by atoms with Gasteiger partial charge in [0.2, 0.25) is 0 Å². The third-order valence-electron chi connectivity index (χ3n) is 4.28. The van der Waals surface area contributed by atoms with Crippen molar-refractivity contribution in [1.82, 2.24) is 4.98 Å². The molecule has 4 aromatic rings. The molecule has 0 saturated carbocycles. The molecule has 0 fully saturated rings. The van der Waals surface area contributed by atoms with E-state index in [1.165, 1.54) is 46.8 Å². The first-order valence-corrected chi connectivity index (χ1v) is 9.40. The minimum Gasteiger partial charge on any atom is -0.497 e. The summed E-state index contributed by atoms with van der Waals surface area (Å²) in [5.41, 5.74) is 0.983. The molecule has 9 heteroatoms. The maximum Gasteiger partial charge on any atom is 0.269 e. The topological polar surface area (TPSA) is 98.7 Å². The van der Waals surface area contributed by atoms with Crippen LogP contribution in [-0.4, -0.2) is 22.9 Å². The summed E-state index contributed by atoms with van der Waals surface area (Å²) in [6.07, 6.45) is 1.53. The zero-order valence-corrected chi connectivity index (χ0v) is 16.1. The van der Waals surface area contributed by atoms with Gasteiger partial charge in [-0.25, -0.2) is 4.98 Å². The predicted molar refractivity (Wildman–Crippen MR) is 108 cm³/mol. The number of hydrogen-bond donors (Lipinski definition) is 0. The van der Waals surface area contributed by atoms with E-state index in [1.54, 1.807) is 25.3 Å². The Kier molecular flexibility index (Phi) is 4.96. The molecule has 0 spiro atoms. The molecule has 2 aromatic carbocycles. The normalized spacial score (nSPS) is 10.8. The molecule has 0 radical (unpaired) electrons. The lowest BCUT2D eigenvalue weighted by atomic mass is 10.2. The van der Waals surface area contributed by atoms with Crippen LogP contribution in [0.5, 0.6) is 5.75 Å². The number of methoxy groups -OCH3 is 1. The van der Waals surface area contributed by atoms with Crippen molar-refractivity contribution in [1.29, 1.82) is 0 Å². The molecule has 0 bridgehead atoms. The number of nitrogens with zero attached hydrogens (tertiary/aromatic N) is 3. The molecule has 0 unspecified atom stereocenters. The van der Waals surface area contributed by atoms with Gasteiger partial charge in [0.05, 0.1) is 35.1 Å². The number of hydrogen-bond acceptors (Lipinski definition) is 7. The fourth-order valence-corrected chi connectivity index (χ4v) is 3.79. The lowest BCUT2D eigenvalue weighted by Gasteiger charge is -2.18. The van der Waals surface area contributed by atoms with Gasteiger partial charge in [0.15, 0.2) is 5.13 Å². The molecule has 146 valence electrons. The number of anilines is 1. The van der Waals surface area contributed by atoms with Crippen molar-refractivity contribution in [2.24, 2.45) is 0 Å². The number of ether oxygens (including phenoxy) is 1. The van der Waals surface area contributed by atoms with Gasteiger partial charge in [-0.1, -0.05) is 11.3 Å². The summed E-state index contributed by atoms with van der Waals surface area (Å²) in [5.74, 6) is 0.964. The molecule has 8 nitrogen and oxygen atoms in total. The molecule has 4 rings (SSSR count). The number of aromatic nitrogens is 1. The highest BCUT2D eigenvalue weighted by Crippen LogP contribution is 2.33. The van der Waals surface area contributed by atoms with Crippen molar-refractivity contribution in [3.63, 3.8) is 0 Å². The highest BCUT2D eigenvalue weighted by atomic mass is 32.1. The van der Waals surface area contributed by atoms with Crippen LogP contribution in [0.1, 0.15) is 16.1 Å². The standard InChI is InChI=1S/C20H15N3O5S/c1-27-15-8-9-17-18(11-15)29-20(21-17)22(12-16-3-2-10-28-16)19(24)13-4-6-14(7-5-13)23(25)26/h2-11H,12H2,1H3. The Bertz CT molecular complexity index is 1170. The van der Waals surface area contributed by atoms with E-state index >= 15 is 0 Å². The SMILES string of the molecule is COc1ccc2nc(N(Cc3ccco3)C(=O)c3ccc([N+](=O)[O-])cc3)sc2c1. The first kappa shape index (κ1) is 18.6. The van der Waals surface area contributed by atoms with Crippen molar-refractivity contribution in [2.45, 2.75) is 6.54 Å². The Morgan fingerprint density at radius 1 is 1.24 bits per heavy atom. The Morgan fingerprint density at radius 2 is 2.03 bits per heavy atom. The zero-order valence-electron chi connectivity index (χ0n) is 15.3. The molecular weight excluding hydrogens is 394 g/mol. The van der Waals surface area contributed by atoms with Crippen molar-refractivity contribution in [3.05, 3.63) is 82.3 Å². The van der Waals surface area contributed by atoms with E-state index in [9.17, 15) is 14.9 Å². The zero-order chi connectivity index (χ0) is 20.4. The number of nitro groups is 1. The maximum absolute atomic E-state index is 13.2. The van der Waals surface area contributed by atoms with Gasteiger partial charge in [-0.2, -0.15) is 0 Å². The smallest absolute Gasteiger partial charge is 0.269 e. The summed E-state index contributed by atoms with van der Waals surface area (Å²) in [6.45, 7) is 0.180. The molecule has 29 heavy (non-hydrogen) atoms. The summed E-state index contributed by atoms with van der Waals surface area (Å²) in [7, 11) is 1.59. The number of furan rings is 1. The quantitative estimate of drug-likeness (QED) is 0.339. The average Bonchev–Trinajstić information content (AvgIpc) is 3.40. The summed E-state index contributed by atoms with van der Waals surface area (Å²) < 4.78 is 11.5. The number of non-ortho nitro benzene ring substituents is 1. The molecule has 2 heterocycles. The summed E-state index contributed by atoms with van der Waals surface area (Å²) in [4.78, 5) is 29.7. The second kappa shape index (κ2) is 7.72. The predicted octanol–water partition coefficient (Wildman–Crippen LogP) is 4.65. The minimum absolute atomic E-state index is 0.0776.